The summed E-state index contributed by atoms with van der Waals surface area (Å²) in [5.41, 5.74) is 0. The van der Waals surface area contributed by atoms with E-state index in [9.17, 15) is 9.59 Å². The molecule has 2 atom stereocenters. The number of rotatable bonds is 2. The first kappa shape index (κ1) is 12.1. The van der Waals surface area contributed by atoms with Gasteiger partial charge in [0.15, 0.2) is 0 Å². The van der Waals surface area contributed by atoms with E-state index in [1.807, 2.05) is 12.2 Å². The molecule has 92 valence electrons. The number of carbonyl (C=O) groups is 2. The SMILES string of the molecule is O=C(OC(=O)C1CC=CCC1)C1CC=CCC1. The molecule has 0 spiro atoms. The summed E-state index contributed by atoms with van der Waals surface area (Å²) in [6, 6.07) is 0. The highest BCUT2D eigenvalue weighted by Crippen LogP contribution is 2.23. The van der Waals surface area contributed by atoms with Gasteiger partial charge in [-0.25, -0.2) is 0 Å². The highest BCUT2D eigenvalue weighted by atomic mass is 16.6. The van der Waals surface area contributed by atoms with Crippen molar-refractivity contribution in [1.29, 1.82) is 0 Å². The van der Waals surface area contributed by atoms with E-state index >= 15 is 0 Å². The molecule has 3 nitrogen and oxygen atoms in total. The lowest BCUT2D eigenvalue weighted by atomic mass is 9.93. The van der Waals surface area contributed by atoms with Crippen LogP contribution >= 0.6 is 0 Å². The Hall–Kier alpha value is -1.38. The van der Waals surface area contributed by atoms with Crippen LogP contribution in [-0.2, 0) is 14.3 Å². The fraction of sp³-hybridized carbons (Fsp3) is 0.571. The monoisotopic (exact) mass is 234 g/mol. The quantitative estimate of drug-likeness (QED) is 0.419. The molecule has 0 saturated heterocycles. The zero-order chi connectivity index (χ0) is 12.1. The van der Waals surface area contributed by atoms with Gasteiger partial charge in [-0.1, -0.05) is 24.3 Å². The van der Waals surface area contributed by atoms with E-state index in [1.54, 1.807) is 0 Å². The third-order valence-corrected chi connectivity index (χ3v) is 3.41. The Bertz CT molecular complexity index is 320. The van der Waals surface area contributed by atoms with Gasteiger partial charge in [0.1, 0.15) is 0 Å². The lowest BCUT2D eigenvalue weighted by molar-refractivity contribution is -0.165. The van der Waals surface area contributed by atoms with E-state index in [1.165, 1.54) is 0 Å². The molecular weight excluding hydrogens is 216 g/mol. The molecule has 0 saturated carbocycles. The summed E-state index contributed by atoms with van der Waals surface area (Å²) < 4.78 is 4.98. The van der Waals surface area contributed by atoms with Crippen molar-refractivity contribution >= 4 is 11.9 Å². The van der Waals surface area contributed by atoms with Gasteiger partial charge in [0.2, 0.25) is 0 Å². The van der Waals surface area contributed by atoms with Gasteiger partial charge in [-0.2, -0.15) is 0 Å². The van der Waals surface area contributed by atoms with Crippen molar-refractivity contribution in [1.82, 2.24) is 0 Å². The second-order valence-electron chi connectivity index (χ2n) is 4.70. The Morgan fingerprint density at radius 1 is 0.824 bits per heavy atom. The van der Waals surface area contributed by atoms with Crippen LogP contribution in [0.5, 0.6) is 0 Å². The maximum atomic E-state index is 11.8. The molecule has 0 N–H and O–H groups in total. The van der Waals surface area contributed by atoms with Gasteiger partial charge in [0.05, 0.1) is 11.8 Å². The summed E-state index contributed by atoms with van der Waals surface area (Å²) in [4.78, 5) is 23.5. The predicted molar refractivity (Wildman–Crippen MR) is 64.1 cm³/mol. The molecule has 0 aliphatic heterocycles. The van der Waals surface area contributed by atoms with Crippen LogP contribution in [0.3, 0.4) is 0 Å². The van der Waals surface area contributed by atoms with E-state index < -0.39 is 0 Å². The average Bonchev–Trinajstić information content (AvgIpc) is 2.40. The second kappa shape index (κ2) is 5.80. The fourth-order valence-electron chi connectivity index (χ4n) is 2.28. The highest BCUT2D eigenvalue weighted by molar-refractivity contribution is 5.88. The minimum absolute atomic E-state index is 0.122. The van der Waals surface area contributed by atoms with Gasteiger partial charge >= 0.3 is 11.9 Å². The normalized spacial score (nSPS) is 27.8. The molecule has 0 bridgehead atoms. The summed E-state index contributed by atoms with van der Waals surface area (Å²) in [5, 5.41) is 0. The van der Waals surface area contributed by atoms with Crippen molar-refractivity contribution in [3.63, 3.8) is 0 Å². The molecule has 0 aromatic rings. The summed E-state index contributed by atoms with van der Waals surface area (Å²) in [6.45, 7) is 0. The van der Waals surface area contributed by atoms with E-state index in [0.29, 0.717) is 12.8 Å². The number of allylic oxidation sites excluding steroid dienone is 4. The Morgan fingerprint density at radius 3 is 1.65 bits per heavy atom. The summed E-state index contributed by atoms with van der Waals surface area (Å²) in [6.07, 6.45) is 12.9. The zero-order valence-electron chi connectivity index (χ0n) is 9.93. The third kappa shape index (κ3) is 3.29. The summed E-state index contributed by atoms with van der Waals surface area (Å²) in [5.74, 6) is -0.922. The van der Waals surface area contributed by atoms with Gasteiger partial charge in [-0.15, -0.1) is 0 Å². The Balaban J connectivity index is 1.83. The van der Waals surface area contributed by atoms with E-state index in [0.717, 1.165) is 25.7 Å². The maximum absolute atomic E-state index is 11.8. The van der Waals surface area contributed by atoms with E-state index in [2.05, 4.69) is 12.2 Å². The third-order valence-electron chi connectivity index (χ3n) is 3.41. The van der Waals surface area contributed by atoms with Gasteiger partial charge in [0.25, 0.3) is 0 Å². The predicted octanol–water partition coefficient (Wildman–Crippen LogP) is 2.77. The molecule has 0 aromatic heterocycles. The van der Waals surface area contributed by atoms with Crippen LogP contribution in [0.15, 0.2) is 24.3 Å². The van der Waals surface area contributed by atoms with Crippen LogP contribution in [0.2, 0.25) is 0 Å². The zero-order valence-corrected chi connectivity index (χ0v) is 9.93. The Labute approximate surface area is 102 Å². The molecule has 3 heteroatoms. The number of ether oxygens (including phenoxy) is 1. The van der Waals surface area contributed by atoms with E-state index in [-0.39, 0.29) is 23.8 Å². The van der Waals surface area contributed by atoms with Gasteiger partial charge in [-0.3, -0.25) is 9.59 Å². The van der Waals surface area contributed by atoms with Gasteiger partial charge < -0.3 is 4.74 Å². The van der Waals surface area contributed by atoms with Crippen molar-refractivity contribution in [3.05, 3.63) is 24.3 Å². The number of hydrogen-bond acceptors (Lipinski definition) is 3. The summed E-state index contributed by atoms with van der Waals surface area (Å²) in [7, 11) is 0. The first-order valence-electron chi connectivity index (χ1n) is 6.33. The average molecular weight is 234 g/mol. The van der Waals surface area contributed by atoms with Crippen LogP contribution in [-0.4, -0.2) is 11.9 Å². The molecule has 0 radical (unpaired) electrons. The molecule has 0 heterocycles. The molecule has 2 aliphatic rings. The molecule has 0 amide bonds. The van der Waals surface area contributed by atoms with Crippen molar-refractivity contribution in [2.24, 2.45) is 11.8 Å². The Kier molecular flexibility index (Phi) is 4.13. The van der Waals surface area contributed by atoms with Crippen LogP contribution in [0.4, 0.5) is 0 Å². The lowest BCUT2D eigenvalue weighted by Gasteiger charge is -2.19. The number of carbonyl (C=O) groups excluding carboxylic acids is 2. The molecule has 2 aliphatic carbocycles. The lowest BCUT2D eigenvalue weighted by Crippen LogP contribution is -2.26. The number of esters is 2. The molecule has 0 fully saturated rings. The minimum atomic E-state index is -0.339. The maximum Gasteiger partial charge on any atom is 0.316 e. The molecular formula is C14H18O3. The van der Waals surface area contributed by atoms with Gasteiger partial charge in [-0.05, 0) is 38.5 Å². The highest BCUT2D eigenvalue weighted by Gasteiger charge is 2.27. The first-order valence-corrected chi connectivity index (χ1v) is 6.33. The molecule has 2 rings (SSSR count). The fourth-order valence-corrected chi connectivity index (χ4v) is 2.28. The van der Waals surface area contributed by atoms with Crippen LogP contribution in [0.25, 0.3) is 0 Å². The van der Waals surface area contributed by atoms with Crippen molar-refractivity contribution < 1.29 is 14.3 Å². The van der Waals surface area contributed by atoms with Gasteiger partial charge in [0, 0.05) is 0 Å². The van der Waals surface area contributed by atoms with E-state index in [4.69, 9.17) is 4.74 Å². The smallest absolute Gasteiger partial charge is 0.316 e. The molecule has 2 unspecified atom stereocenters. The van der Waals surface area contributed by atoms with Crippen LogP contribution < -0.4 is 0 Å². The van der Waals surface area contributed by atoms with Crippen molar-refractivity contribution in [2.75, 3.05) is 0 Å². The Morgan fingerprint density at radius 2 is 1.29 bits per heavy atom. The molecule has 0 aromatic carbocycles. The second-order valence-corrected chi connectivity index (χ2v) is 4.70. The number of hydrogen-bond donors (Lipinski definition) is 0. The first-order chi connectivity index (χ1) is 8.27. The van der Waals surface area contributed by atoms with Crippen molar-refractivity contribution in [3.8, 4) is 0 Å². The van der Waals surface area contributed by atoms with Crippen LogP contribution in [0, 0.1) is 11.8 Å². The minimum Gasteiger partial charge on any atom is -0.393 e. The topological polar surface area (TPSA) is 43.4 Å². The molecule has 17 heavy (non-hydrogen) atoms. The largest absolute Gasteiger partial charge is 0.393 e. The standard InChI is InChI=1S/C14H18O3/c15-13(11-7-3-1-4-8-11)17-14(16)12-9-5-2-6-10-12/h1-3,5,11-12H,4,6-10H2. The van der Waals surface area contributed by atoms with Crippen LogP contribution in [0.1, 0.15) is 38.5 Å². The summed E-state index contributed by atoms with van der Waals surface area (Å²) >= 11 is 0. The van der Waals surface area contributed by atoms with Crippen molar-refractivity contribution in [2.45, 2.75) is 38.5 Å².